The SMILES string of the molecule is C[C@H]1C=CC(F)=C(F)C1. The molecular weight excluding hydrogens is 122 g/mol. The van der Waals surface area contributed by atoms with E-state index in [2.05, 4.69) is 0 Å². The molecule has 0 saturated carbocycles. The van der Waals surface area contributed by atoms with Gasteiger partial charge in [0.05, 0.1) is 0 Å². The van der Waals surface area contributed by atoms with Crippen molar-refractivity contribution in [3.05, 3.63) is 23.8 Å². The summed E-state index contributed by atoms with van der Waals surface area (Å²) in [7, 11) is 0. The first-order chi connectivity index (χ1) is 4.20. The lowest BCUT2D eigenvalue weighted by molar-refractivity contribution is 0.480. The van der Waals surface area contributed by atoms with Crippen LogP contribution in [-0.4, -0.2) is 0 Å². The van der Waals surface area contributed by atoms with Crippen LogP contribution in [0.15, 0.2) is 23.8 Å². The molecule has 0 aromatic carbocycles. The maximum Gasteiger partial charge on any atom is 0.154 e. The van der Waals surface area contributed by atoms with Crippen molar-refractivity contribution in [2.75, 3.05) is 0 Å². The van der Waals surface area contributed by atoms with Crippen molar-refractivity contribution in [2.24, 2.45) is 5.92 Å². The van der Waals surface area contributed by atoms with E-state index < -0.39 is 11.7 Å². The highest BCUT2D eigenvalue weighted by molar-refractivity contribution is 5.20. The molecule has 1 aliphatic carbocycles. The first-order valence-corrected chi connectivity index (χ1v) is 2.92. The van der Waals surface area contributed by atoms with Gasteiger partial charge in [-0.25, -0.2) is 8.78 Å². The van der Waals surface area contributed by atoms with E-state index in [0.717, 1.165) is 0 Å². The molecule has 1 aliphatic rings. The van der Waals surface area contributed by atoms with Crippen molar-refractivity contribution in [3.8, 4) is 0 Å². The van der Waals surface area contributed by atoms with E-state index in [1.807, 2.05) is 6.92 Å². The molecule has 0 unspecified atom stereocenters. The Bertz CT molecular complexity index is 168. The van der Waals surface area contributed by atoms with E-state index in [-0.39, 0.29) is 12.3 Å². The molecule has 1 rings (SSSR count). The average Bonchev–Trinajstić information content (AvgIpc) is 1.80. The summed E-state index contributed by atoms with van der Waals surface area (Å²) in [6, 6.07) is 0. The van der Waals surface area contributed by atoms with Crippen molar-refractivity contribution in [1.82, 2.24) is 0 Å². The zero-order valence-corrected chi connectivity index (χ0v) is 5.20. The molecule has 0 bridgehead atoms. The van der Waals surface area contributed by atoms with E-state index in [9.17, 15) is 8.78 Å². The van der Waals surface area contributed by atoms with Gasteiger partial charge < -0.3 is 0 Å². The predicted molar refractivity (Wildman–Crippen MR) is 32.2 cm³/mol. The smallest absolute Gasteiger partial charge is 0.154 e. The van der Waals surface area contributed by atoms with Crippen LogP contribution in [0.25, 0.3) is 0 Å². The van der Waals surface area contributed by atoms with E-state index >= 15 is 0 Å². The van der Waals surface area contributed by atoms with Gasteiger partial charge in [0.25, 0.3) is 0 Å². The zero-order chi connectivity index (χ0) is 6.85. The van der Waals surface area contributed by atoms with Gasteiger partial charge in [-0.3, -0.25) is 0 Å². The second-order valence-electron chi connectivity index (χ2n) is 2.29. The largest absolute Gasteiger partial charge is 0.209 e. The third-order valence-electron chi connectivity index (χ3n) is 1.33. The van der Waals surface area contributed by atoms with Crippen LogP contribution in [0.1, 0.15) is 13.3 Å². The molecule has 0 N–H and O–H groups in total. The van der Waals surface area contributed by atoms with E-state index in [1.165, 1.54) is 6.08 Å². The van der Waals surface area contributed by atoms with Crippen molar-refractivity contribution < 1.29 is 8.78 Å². The zero-order valence-electron chi connectivity index (χ0n) is 5.20. The van der Waals surface area contributed by atoms with Crippen molar-refractivity contribution in [1.29, 1.82) is 0 Å². The van der Waals surface area contributed by atoms with Gasteiger partial charge in [0, 0.05) is 6.42 Å². The minimum absolute atomic E-state index is 0.143. The van der Waals surface area contributed by atoms with Crippen molar-refractivity contribution in [2.45, 2.75) is 13.3 Å². The number of hydrogen-bond acceptors (Lipinski definition) is 0. The monoisotopic (exact) mass is 130 g/mol. The molecule has 0 nitrogen and oxygen atoms in total. The number of hydrogen-bond donors (Lipinski definition) is 0. The standard InChI is InChI=1S/C7H8F2/c1-5-2-3-6(8)7(9)4-5/h2-3,5H,4H2,1H3/t5-/m0/s1. The molecule has 0 heterocycles. The Morgan fingerprint density at radius 2 is 2.22 bits per heavy atom. The van der Waals surface area contributed by atoms with Crippen LogP contribution in [0, 0.1) is 5.92 Å². The molecule has 0 radical (unpaired) electrons. The van der Waals surface area contributed by atoms with Gasteiger partial charge in [-0.1, -0.05) is 13.0 Å². The molecular formula is C7H8F2. The third kappa shape index (κ3) is 1.37. The highest BCUT2D eigenvalue weighted by Gasteiger charge is 2.11. The summed E-state index contributed by atoms with van der Waals surface area (Å²) in [6.45, 7) is 1.85. The van der Waals surface area contributed by atoms with E-state index in [4.69, 9.17) is 0 Å². The second kappa shape index (κ2) is 2.29. The molecule has 0 amide bonds. The lowest BCUT2D eigenvalue weighted by Crippen LogP contribution is -1.95. The molecule has 0 fully saturated rings. The van der Waals surface area contributed by atoms with Crippen LogP contribution in [0.4, 0.5) is 8.78 Å². The second-order valence-corrected chi connectivity index (χ2v) is 2.29. The summed E-state index contributed by atoms with van der Waals surface area (Å²) >= 11 is 0. The highest BCUT2D eigenvalue weighted by atomic mass is 19.2. The van der Waals surface area contributed by atoms with Crippen LogP contribution in [0.2, 0.25) is 0 Å². The summed E-state index contributed by atoms with van der Waals surface area (Å²) in [5.74, 6) is -1.19. The Labute approximate surface area is 52.9 Å². The van der Waals surface area contributed by atoms with Gasteiger partial charge in [0.1, 0.15) is 5.83 Å². The van der Waals surface area contributed by atoms with E-state index in [0.29, 0.717) is 0 Å². The minimum atomic E-state index is -0.715. The maximum atomic E-state index is 12.3. The third-order valence-corrected chi connectivity index (χ3v) is 1.33. The summed E-state index contributed by atoms with van der Waals surface area (Å²) in [5, 5.41) is 0. The molecule has 0 aromatic rings. The number of rotatable bonds is 0. The lowest BCUT2D eigenvalue weighted by atomic mass is 10.0. The van der Waals surface area contributed by atoms with Gasteiger partial charge in [-0.15, -0.1) is 0 Å². The molecule has 1 atom stereocenters. The average molecular weight is 130 g/mol. The summed E-state index contributed by atoms with van der Waals surface area (Å²) in [4.78, 5) is 0. The Morgan fingerprint density at radius 3 is 2.67 bits per heavy atom. The summed E-state index contributed by atoms with van der Waals surface area (Å²) in [6.07, 6.45) is 3.06. The highest BCUT2D eigenvalue weighted by Crippen LogP contribution is 2.24. The quantitative estimate of drug-likeness (QED) is 0.473. The van der Waals surface area contributed by atoms with Crippen LogP contribution < -0.4 is 0 Å². The molecule has 9 heavy (non-hydrogen) atoms. The predicted octanol–water partition coefficient (Wildman–Crippen LogP) is 2.73. The first-order valence-electron chi connectivity index (χ1n) is 2.92. The van der Waals surface area contributed by atoms with E-state index in [1.54, 1.807) is 6.08 Å². The molecule has 0 saturated heterocycles. The Morgan fingerprint density at radius 1 is 1.56 bits per heavy atom. The molecule has 2 heteroatoms. The normalized spacial score (nSPS) is 27.2. The number of allylic oxidation sites excluding steroid dienone is 4. The summed E-state index contributed by atoms with van der Waals surface area (Å²) < 4.78 is 24.4. The fourth-order valence-electron chi connectivity index (χ4n) is 0.787. The summed E-state index contributed by atoms with van der Waals surface area (Å²) in [5.41, 5.74) is 0. The van der Waals surface area contributed by atoms with Gasteiger partial charge in [-0.2, -0.15) is 0 Å². The maximum absolute atomic E-state index is 12.3. The fourth-order valence-corrected chi connectivity index (χ4v) is 0.787. The van der Waals surface area contributed by atoms with Crippen LogP contribution >= 0.6 is 0 Å². The van der Waals surface area contributed by atoms with Gasteiger partial charge in [0.2, 0.25) is 0 Å². The minimum Gasteiger partial charge on any atom is -0.209 e. The Balaban J connectivity index is 2.75. The molecule has 50 valence electrons. The molecule has 0 aromatic heterocycles. The Kier molecular flexibility index (Phi) is 1.65. The van der Waals surface area contributed by atoms with Crippen molar-refractivity contribution >= 4 is 0 Å². The van der Waals surface area contributed by atoms with Gasteiger partial charge in [-0.05, 0) is 12.0 Å². The van der Waals surface area contributed by atoms with Crippen LogP contribution in [0.3, 0.4) is 0 Å². The molecule has 0 spiro atoms. The molecule has 0 aliphatic heterocycles. The topological polar surface area (TPSA) is 0 Å². The van der Waals surface area contributed by atoms with Gasteiger partial charge >= 0.3 is 0 Å². The lowest BCUT2D eigenvalue weighted by Gasteiger charge is -2.08. The van der Waals surface area contributed by atoms with Crippen LogP contribution in [0.5, 0.6) is 0 Å². The van der Waals surface area contributed by atoms with Crippen LogP contribution in [-0.2, 0) is 0 Å². The van der Waals surface area contributed by atoms with Crippen molar-refractivity contribution in [3.63, 3.8) is 0 Å². The first kappa shape index (κ1) is 6.46. The Hall–Kier alpha value is -0.660. The fraction of sp³-hybridized carbons (Fsp3) is 0.429. The number of halogens is 2. The van der Waals surface area contributed by atoms with Gasteiger partial charge in [0.15, 0.2) is 5.83 Å².